The maximum atomic E-state index is 13.2. The average Bonchev–Trinajstić information content (AvgIpc) is 2.71. The molecule has 152 valence electrons. The molecule has 5 heteroatoms. The highest BCUT2D eigenvalue weighted by Crippen LogP contribution is 2.19. The molecule has 0 bridgehead atoms. The van der Waals surface area contributed by atoms with Crippen LogP contribution in [-0.2, 0) is 25.4 Å². The molecule has 0 radical (unpaired) electrons. The quantitative estimate of drug-likeness (QED) is 0.550. The minimum atomic E-state index is -0.421. The van der Waals surface area contributed by atoms with Crippen molar-refractivity contribution in [3.8, 4) is 0 Å². The van der Waals surface area contributed by atoms with Gasteiger partial charge in [0.05, 0.1) is 12.2 Å². The highest BCUT2D eigenvalue weighted by molar-refractivity contribution is 5.81. The molecule has 2 atom stereocenters. The summed E-state index contributed by atoms with van der Waals surface area (Å²) in [6.45, 7) is 5.99. The van der Waals surface area contributed by atoms with Crippen LogP contribution >= 0.6 is 0 Å². The molecule has 0 saturated carbocycles. The zero-order valence-corrected chi connectivity index (χ0v) is 17.1. The number of carbonyl (C=O) groups excluding carboxylic acids is 1. The molecule has 27 heavy (non-hydrogen) atoms. The van der Waals surface area contributed by atoms with Crippen LogP contribution in [-0.4, -0.2) is 56.1 Å². The number of hydrogen-bond donors (Lipinski definition) is 0. The first-order valence-electron chi connectivity index (χ1n) is 10.2. The predicted octanol–water partition coefficient (Wildman–Crippen LogP) is 3.80. The van der Waals surface area contributed by atoms with E-state index >= 15 is 0 Å². The first kappa shape index (κ1) is 21.9. The van der Waals surface area contributed by atoms with E-state index in [0.29, 0.717) is 26.3 Å². The number of amides is 1. The number of benzene rings is 1. The molecule has 0 unspecified atom stereocenters. The fourth-order valence-electron chi connectivity index (χ4n) is 3.47. The van der Waals surface area contributed by atoms with Crippen LogP contribution in [0.4, 0.5) is 0 Å². The number of carbonyl (C=O) groups is 1. The summed E-state index contributed by atoms with van der Waals surface area (Å²) in [4.78, 5) is 15.1. The highest BCUT2D eigenvalue weighted by atomic mass is 16.7. The molecular formula is C22H35NO4. The van der Waals surface area contributed by atoms with Gasteiger partial charge in [-0.1, -0.05) is 50.1 Å². The summed E-state index contributed by atoms with van der Waals surface area (Å²) < 4.78 is 16.8. The van der Waals surface area contributed by atoms with E-state index in [9.17, 15) is 4.79 Å². The lowest BCUT2D eigenvalue weighted by molar-refractivity contribution is -0.151. The molecule has 1 fully saturated rings. The number of unbranched alkanes of at least 4 members (excludes halogenated alkanes) is 1. The van der Waals surface area contributed by atoms with Gasteiger partial charge in [0.15, 0.2) is 0 Å². The van der Waals surface area contributed by atoms with Crippen molar-refractivity contribution in [3.05, 3.63) is 35.9 Å². The number of likely N-dealkylation sites (tertiary alicyclic amines) is 1. The van der Waals surface area contributed by atoms with Crippen molar-refractivity contribution in [3.63, 3.8) is 0 Å². The van der Waals surface area contributed by atoms with E-state index in [2.05, 4.69) is 26.0 Å². The van der Waals surface area contributed by atoms with Crippen molar-refractivity contribution in [2.24, 2.45) is 0 Å². The summed E-state index contributed by atoms with van der Waals surface area (Å²) >= 11 is 0. The zero-order chi connectivity index (χ0) is 19.5. The molecule has 1 aliphatic rings. The summed E-state index contributed by atoms with van der Waals surface area (Å²) in [5.41, 5.74) is 1.14. The number of piperidine rings is 1. The number of rotatable bonds is 11. The van der Waals surface area contributed by atoms with Crippen molar-refractivity contribution >= 4 is 5.91 Å². The van der Waals surface area contributed by atoms with Gasteiger partial charge in [-0.15, -0.1) is 0 Å². The van der Waals surface area contributed by atoms with Crippen molar-refractivity contribution in [1.82, 2.24) is 4.90 Å². The molecule has 1 heterocycles. The summed E-state index contributed by atoms with van der Waals surface area (Å²) in [6.07, 6.45) is 5.40. The van der Waals surface area contributed by atoms with Crippen LogP contribution in [0.5, 0.6) is 0 Å². The molecule has 0 N–H and O–H groups in total. The first-order chi connectivity index (χ1) is 13.1. The van der Waals surface area contributed by atoms with Crippen LogP contribution in [0.3, 0.4) is 0 Å². The SMILES string of the molecule is CCCC[C@H](C)O[C@@H](Cc1ccccc1)C(=O)N1CCC(OCOC)CC1. The second-order valence-electron chi connectivity index (χ2n) is 7.37. The Morgan fingerprint density at radius 2 is 1.93 bits per heavy atom. The first-order valence-corrected chi connectivity index (χ1v) is 10.2. The van der Waals surface area contributed by atoms with Crippen molar-refractivity contribution in [2.75, 3.05) is 27.0 Å². The van der Waals surface area contributed by atoms with E-state index < -0.39 is 6.10 Å². The Hall–Kier alpha value is -1.43. The Morgan fingerprint density at radius 3 is 2.56 bits per heavy atom. The maximum Gasteiger partial charge on any atom is 0.252 e. The van der Waals surface area contributed by atoms with Crippen molar-refractivity contribution in [2.45, 2.75) is 70.7 Å². The van der Waals surface area contributed by atoms with Gasteiger partial charge < -0.3 is 19.1 Å². The second-order valence-corrected chi connectivity index (χ2v) is 7.37. The minimum absolute atomic E-state index is 0.0881. The van der Waals surface area contributed by atoms with Crippen molar-refractivity contribution in [1.29, 1.82) is 0 Å². The number of hydrogen-bond acceptors (Lipinski definition) is 4. The largest absolute Gasteiger partial charge is 0.365 e. The van der Waals surface area contributed by atoms with Gasteiger partial charge in [0, 0.05) is 26.6 Å². The smallest absolute Gasteiger partial charge is 0.252 e. The molecular weight excluding hydrogens is 342 g/mol. The third-order valence-electron chi connectivity index (χ3n) is 5.08. The molecule has 1 aromatic rings. The molecule has 0 aliphatic carbocycles. The highest BCUT2D eigenvalue weighted by Gasteiger charge is 2.30. The number of ether oxygens (including phenoxy) is 3. The summed E-state index contributed by atoms with van der Waals surface area (Å²) in [5.74, 6) is 0.104. The second kappa shape index (κ2) is 12.1. The minimum Gasteiger partial charge on any atom is -0.365 e. The van der Waals surface area contributed by atoms with Gasteiger partial charge in [-0.2, -0.15) is 0 Å². The summed E-state index contributed by atoms with van der Waals surface area (Å²) in [5, 5.41) is 0. The van der Waals surface area contributed by atoms with Gasteiger partial charge in [0.1, 0.15) is 12.9 Å². The molecule has 1 aliphatic heterocycles. The van der Waals surface area contributed by atoms with Gasteiger partial charge in [0.2, 0.25) is 0 Å². The normalized spacial score (nSPS) is 17.7. The molecule has 2 rings (SSSR count). The van der Waals surface area contributed by atoms with E-state index in [1.807, 2.05) is 23.1 Å². The Kier molecular flexibility index (Phi) is 9.81. The lowest BCUT2D eigenvalue weighted by Gasteiger charge is -2.34. The van der Waals surface area contributed by atoms with Crippen LogP contribution in [0.25, 0.3) is 0 Å². The Bertz CT molecular complexity index is 528. The van der Waals surface area contributed by atoms with E-state index in [0.717, 1.165) is 37.7 Å². The lowest BCUT2D eigenvalue weighted by atomic mass is 10.0. The molecule has 1 amide bonds. The molecule has 0 spiro atoms. The van der Waals surface area contributed by atoms with Gasteiger partial charge in [0.25, 0.3) is 5.91 Å². The van der Waals surface area contributed by atoms with E-state index in [-0.39, 0.29) is 18.1 Å². The van der Waals surface area contributed by atoms with Crippen LogP contribution in [0.1, 0.15) is 51.5 Å². The molecule has 1 saturated heterocycles. The van der Waals surface area contributed by atoms with Gasteiger partial charge in [-0.3, -0.25) is 4.79 Å². The van der Waals surface area contributed by atoms with Crippen LogP contribution in [0, 0.1) is 0 Å². The third-order valence-corrected chi connectivity index (χ3v) is 5.08. The van der Waals surface area contributed by atoms with E-state index in [1.165, 1.54) is 0 Å². The number of methoxy groups -OCH3 is 1. The number of nitrogens with zero attached hydrogens (tertiary/aromatic N) is 1. The third kappa shape index (κ3) is 7.60. The van der Waals surface area contributed by atoms with Crippen LogP contribution in [0.2, 0.25) is 0 Å². The monoisotopic (exact) mass is 377 g/mol. The predicted molar refractivity (Wildman–Crippen MR) is 107 cm³/mol. The fourth-order valence-corrected chi connectivity index (χ4v) is 3.47. The lowest BCUT2D eigenvalue weighted by Crippen LogP contribution is -2.47. The Balaban J connectivity index is 1.95. The van der Waals surface area contributed by atoms with Crippen LogP contribution in [0.15, 0.2) is 30.3 Å². The average molecular weight is 378 g/mol. The topological polar surface area (TPSA) is 48.0 Å². The van der Waals surface area contributed by atoms with Gasteiger partial charge in [-0.25, -0.2) is 0 Å². The van der Waals surface area contributed by atoms with Gasteiger partial charge in [-0.05, 0) is 31.7 Å². The van der Waals surface area contributed by atoms with Crippen LogP contribution < -0.4 is 0 Å². The van der Waals surface area contributed by atoms with E-state index in [4.69, 9.17) is 14.2 Å². The summed E-state index contributed by atoms with van der Waals surface area (Å²) in [6, 6.07) is 10.1. The van der Waals surface area contributed by atoms with Gasteiger partial charge >= 0.3 is 0 Å². The molecule has 5 nitrogen and oxygen atoms in total. The molecule has 0 aromatic heterocycles. The van der Waals surface area contributed by atoms with E-state index in [1.54, 1.807) is 7.11 Å². The fraction of sp³-hybridized carbons (Fsp3) is 0.682. The Labute approximate surface area is 164 Å². The molecule has 1 aromatic carbocycles. The summed E-state index contributed by atoms with van der Waals surface area (Å²) in [7, 11) is 1.63. The zero-order valence-electron chi connectivity index (χ0n) is 17.1. The maximum absolute atomic E-state index is 13.2. The van der Waals surface area contributed by atoms with Crippen molar-refractivity contribution < 1.29 is 19.0 Å². The standard InChI is InChI=1S/C22H35NO4/c1-4-5-9-18(2)27-21(16-19-10-7-6-8-11-19)22(24)23-14-12-20(13-15-23)26-17-25-3/h6-8,10-11,18,20-21H,4-5,9,12-17H2,1-3H3/t18-,21-/m0/s1. The Morgan fingerprint density at radius 1 is 1.22 bits per heavy atom.